The van der Waals surface area contributed by atoms with Gasteiger partial charge in [0.15, 0.2) is 0 Å². The molecule has 1 aromatic rings. The van der Waals surface area contributed by atoms with Gasteiger partial charge in [-0.2, -0.15) is 0 Å². The van der Waals surface area contributed by atoms with Crippen molar-refractivity contribution in [2.75, 3.05) is 7.11 Å². The van der Waals surface area contributed by atoms with Crippen molar-refractivity contribution in [2.24, 2.45) is 0 Å². The fourth-order valence-electron chi connectivity index (χ4n) is 2.08. The second-order valence-corrected chi connectivity index (χ2v) is 4.28. The minimum absolute atomic E-state index is 0.203. The standard InChI is InChI=1S/C14H18O2/c1-16-14-8-5-11(6-9-14)2-3-12-4-7-13(15)10-12/h5-6,8-10,13,15H,2-4,7H2,1H3. The molecule has 2 rings (SSSR count). The summed E-state index contributed by atoms with van der Waals surface area (Å²) in [4.78, 5) is 0. The highest BCUT2D eigenvalue weighted by atomic mass is 16.5. The van der Waals surface area contributed by atoms with Crippen molar-refractivity contribution in [3.8, 4) is 5.75 Å². The summed E-state index contributed by atoms with van der Waals surface area (Å²) in [7, 11) is 1.68. The Morgan fingerprint density at radius 3 is 2.56 bits per heavy atom. The number of rotatable bonds is 4. The van der Waals surface area contributed by atoms with Crippen LogP contribution in [0.4, 0.5) is 0 Å². The van der Waals surface area contributed by atoms with Crippen molar-refractivity contribution >= 4 is 0 Å². The first-order chi connectivity index (χ1) is 7.78. The molecule has 0 aromatic heterocycles. The Morgan fingerprint density at radius 2 is 2.00 bits per heavy atom. The molecule has 86 valence electrons. The second kappa shape index (κ2) is 5.17. The Hall–Kier alpha value is -1.28. The Kier molecular flexibility index (Phi) is 3.62. The summed E-state index contributed by atoms with van der Waals surface area (Å²) in [5.41, 5.74) is 2.71. The first-order valence-electron chi connectivity index (χ1n) is 5.78. The van der Waals surface area contributed by atoms with Gasteiger partial charge in [0.25, 0.3) is 0 Å². The zero-order valence-electron chi connectivity index (χ0n) is 9.65. The van der Waals surface area contributed by atoms with E-state index in [0.29, 0.717) is 0 Å². The highest BCUT2D eigenvalue weighted by Crippen LogP contribution is 2.23. The number of methoxy groups -OCH3 is 1. The fourth-order valence-corrected chi connectivity index (χ4v) is 2.08. The number of ether oxygens (including phenoxy) is 1. The lowest BCUT2D eigenvalue weighted by Crippen LogP contribution is -1.93. The number of benzene rings is 1. The second-order valence-electron chi connectivity index (χ2n) is 4.28. The Labute approximate surface area is 96.6 Å². The van der Waals surface area contributed by atoms with Crippen molar-refractivity contribution in [1.29, 1.82) is 0 Å². The van der Waals surface area contributed by atoms with Crippen molar-refractivity contribution in [2.45, 2.75) is 31.8 Å². The van der Waals surface area contributed by atoms with Crippen molar-refractivity contribution in [3.63, 3.8) is 0 Å². The van der Waals surface area contributed by atoms with Gasteiger partial charge in [-0.15, -0.1) is 0 Å². The Bertz CT molecular complexity index is 365. The minimum atomic E-state index is -0.203. The molecule has 1 aromatic carbocycles. The average molecular weight is 218 g/mol. The molecule has 0 heterocycles. The third-order valence-corrected chi connectivity index (χ3v) is 3.08. The zero-order chi connectivity index (χ0) is 11.4. The van der Waals surface area contributed by atoms with Gasteiger partial charge in [0.2, 0.25) is 0 Å². The van der Waals surface area contributed by atoms with E-state index in [-0.39, 0.29) is 6.10 Å². The van der Waals surface area contributed by atoms with Crippen molar-refractivity contribution in [1.82, 2.24) is 0 Å². The predicted octanol–water partition coefficient (Wildman–Crippen LogP) is 2.71. The number of aryl methyl sites for hydroxylation is 1. The number of aliphatic hydroxyl groups is 1. The Balaban J connectivity index is 1.87. The van der Waals surface area contributed by atoms with Crippen molar-refractivity contribution in [3.05, 3.63) is 41.5 Å². The van der Waals surface area contributed by atoms with E-state index >= 15 is 0 Å². The minimum Gasteiger partial charge on any atom is -0.497 e. The fraction of sp³-hybridized carbons (Fsp3) is 0.429. The third-order valence-electron chi connectivity index (χ3n) is 3.08. The molecular weight excluding hydrogens is 200 g/mol. The molecule has 0 saturated carbocycles. The smallest absolute Gasteiger partial charge is 0.118 e. The van der Waals surface area contributed by atoms with Crippen LogP contribution >= 0.6 is 0 Å². The highest BCUT2D eigenvalue weighted by Gasteiger charge is 2.12. The number of hydrogen-bond acceptors (Lipinski definition) is 2. The summed E-state index contributed by atoms with van der Waals surface area (Å²) < 4.78 is 5.12. The van der Waals surface area contributed by atoms with Crippen LogP contribution in [0.1, 0.15) is 24.8 Å². The molecule has 0 saturated heterocycles. The van der Waals surface area contributed by atoms with E-state index in [1.54, 1.807) is 7.11 Å². The molecule has 0 radical (unpaired) electrons. The summed E-state index contributed by atoms with van der Waals surface area (Å²) >= 11 is 0. The summed E-state index contributed by atoms with van der Waals surface area (Å²) in [5, 5.41) is 9.37. The molecule has 1 unspecified atom stereocenters. The maximum atomic E-state index is 9.37. The molecular formula is C14H18O2. The van der Waals surface area contributed by atoms with Gasteiger partial charge >= 0.3 is 0 Å². The molecule has 16 heavy (non-hydrogen) atoms. The number of aliphatic hydroxyl groups excluding tert-OH is 1. The van der Waals surface area contributed by atoms with Gasteiger partial charge in [0, 0.05) is 0 Å². The molecule has 2 nitrogen and oxygen atoms in total. The predicted molar refractivity (Wildman–Crippen MR) is 64.6 cm³/mol. The molecule has 0 spiro atoms. The van der Waals surface area contributed by atoms with E-state index in [4.69, 9.17) is 4.74 Å². The van der Waals surface area contributed by atoms with E-state index in [2.05, 4.69) is 12.1 Å². The van der Waals surface area contributed by atoms with E-state index < -0.39 is 0 Å². The lowest BCUT2D eigenvalue weighted by molar-refractivity contribution is 0.223. The monoisotopic (exact) mass is 218 g/mol. The largest absolute Gasteiger partial charge is 0.497 e. The van der Waals surface area contributed by atoms with E-state index in [1.165, 1.54) is 11.1 Å². The summed E-state index contributed by atoms with van der Waals surface area (Å²) in [6.45, 7) is 0. The van der Waals surface area contributed by atoms with Crippen LogP contribution in [0.2, 0.25) is 0 Å². The van der Waals surface area contributed by atoms with Crippen LogP contribution in [0.15, 0.2) is 35.9 Å². The molecule has 0 fully saturated rings. The Morgan fingerprint density at radius 1 is 1.25 bits per heavy atom. The van der Waals surface area contributed by atoms with E-state index in [9.17, 15) is 5.11 Å². The maximum Gasteiger partial charge on any atom is 0.118 e. The van der Waals surface area contributed by atoms with Gasteiger partial charge < -0.3 is 9.84 Å². The summed E-state index contributed by atoms with van der Waals surface area (Å²) in [5.74, 6) is 0.902. The van der Waals surface area contributed by atoms with Gasteiger partial charge in [-0.25, -0.2) is 0 Å². The molecule has 0 bridgehead atoms. The molecule has 1 aliphatic carbocycles. The normalized spacial score (nSPS) is 19.6. The molecule has 1 atom stereocenters. The van der Waals surface area contributed by atoms with E-state index in [0.717, 1.165) is 31.4 Å². The van der Waals surface area contributed by atoms with E-state index in [1.807, 2.05) is 18.2 Å². The molecule has 1 N–H and O–H groups in total. The van der Waals surface area contributed by atoms with Gasteiger partial charge in [-0.3, -0.25) is 0 Å². The third kappa shape index (κ3) is 2.86. The molecule has 1 aliphatic rings. The maximum absolute atomic E-state index is 9.37. The lowest BCUT2D eigenvalue weighted by Gasteiger charge is -2.04. The van der Waals surface area contributed by atoms with Gasteiger partial charge in [-0.1, -0.05) is 23.8 Å². The molecule has 0 aliphatic heterocycles. The van der Waals surface area contributed by atoms with Gasteiger partial charge in [0.1, 0.15) is 5.75 Å². The van der Waals surface area contributed by atoms with Crippen LogP contribution in [0, 0.1) is 0 Å². The topological polar surface area (TPSA) is 29.5 Å². The van der Waals surface area contributed by atoms with Crippen LogP contribution in [0.25, 0.3) is 0 Å². The number of allylic oxidation sites excluding steroid dienone is 1. The van der Waals surface area contributed by atoms with Crippen LogP contribution in [0.5, 0.6) is 5.75 Å². The first kappa shape index (κ1) is 11.2. The zero-order valence-corrected chi connectivity index (χ0v) is 9.65. The number of hydrogen-bond donors (Lipinski definition) is 1. The van der Waals surface area contributed by atoms with Crippen LogP contribution < -0.4 is 4.74 Å². The van der Waals surface area contributed by atoms with Crippen LogP contribution in [-0.2, 0) is 6.42 Å². The van der Waals surface area contributed by atoms with Gasteiger partial charge in [0.05, 0.1) is 13.2 Å². The van der Waals surface area contributed by atoms with Crippen LogP contribution in [0.3, 0.4) is 0 Å². The van der Waals surface area contributed by atoms with Crippen molar-refractivity contribution < 1.29 is 9.84 Å². The summed E-state index contributed by atoms with van der Waals surface area (Å²) in [6, 6.07) is 8.19. The average Bonchev–Trinajstić information content (AvgIpc) is 2.73. The lowest BCUT2D eigenvalue weighted by atomic mass is 10.0. The SMILES string of the molecule is COc1ccc(CCC2=CC(O)CC2)cc1. The quantitative estimate of drug-likeness (QED) is 0.787. The van der Waals surface area contributed by atoms with Gasteiger partial charge in [-0.05, 0) is 43.4 Å². The molecule has 0 amide bonds. The summed E-state index contributed by atoms with van der Waals surface area (Å²) in [6.07, 6.45) is 5.86. The highest BCUT2D eigenvalue weighted by molar-refractivity contribution is 5.28. The molecule has 2 heteroatoms. The first-order valence-corrected chi connectivity index (χ1v) is 5.78. The van der Waals surface area contributed by atoms with Crippen LogP contribution in [-0.4, -0.2) is 18.3 Å².